The summed E-state index contributed by atoms with van der Waals surface area (Å²) >= 11 is 0. The Balaban J connectivity index is 2.89. The SMILES string of the molecule is COc1cc2nc(C=O)c(=O)n(C)c2cc1OC. The highest BCUT2D eigenvalue weighted by Gasteiger charge is 2.12. The van der Waals surface area contributed by atoms with E-state index in [2.05, 4.69) is 4.98 Å². The number of carbonyl (C=O) groups is 1. The number of methoxy groups -OCH3 is 2. The first kappa shape index (κ1) is 12.1. The van der Waals surface area contributed by atoms with Gasteiger partial charge in [0.15, 0.2) is 23.5 Å². The lowest BCUT2D eigenvalue weighted by molar-refractivity contribution is 0.111. The van der Waals surface area contributed by atoms with Gasteiger partial charge in [-0.3, -0.25) is 9.59 Å². The number of aromatic nitrogens is 2. The fourth-order valence-electron chi connectivity index (χ4n) is 1.75. The number of benzene rings is 1. The van der Waals surface area contributed by atoms with Gasteiger partial charge >= 0.3 is 0 Å². The molecule has 6 heteroatoms. The molecule has 1 aromatic heterocycles. The quantitative estimate of drug-likeness (QED) is 0.750. The number of fused-ring (bicyclic) bond motifs is 1. The molecule has 1 aromatic carbocycles. The summed E-state index contributed by atoms with van der Waals surface area (Å²) in [4.78, 5) is 26.5. The van der Waals surface area contributed by atoms with E-state index in [1.807, 2.05) is 0 Å². The molecule has 94 valence electrons. The summed E-state index contributed by atoms with van der Waals surface area (Å²) in [5.41, 5.74) is 0.502. The molecule has 0 N–H and O–H groups in total. The number of aryl methyl sites for hydroxylation is 1. The van der Waals surface area contributed by atoms with Crippen LogP contribution >= 0.6 is 0 Å². The first-order valence-corrected chi connectivity index (χ1v) is 5.20. The highest BCUT2D eigenvalue weighted by Crippen LogP contribution is 2.30. The molecule has 18 heavy (non-hydrogen) atoms. The van der Waals surface area contributed by atoms with Crippen LogP contribution in [0.2, 0.25) is 0 Å². The van der Waals surface area contributed by atoms with Crippen LogP contribution in [0.3, 0.4) is 0 Å². The summed E-state index contributed by atoms with van der Waals surface area (Å²) < 4.78 is 11.7. The molecule has 0 fully saturated rings. The van der Waals surface area contributed by atoms with E-state index in [1.165, 1.54) is 18.8 Å². The second kappa shape index (κ2) is 4.48. The molecule has 0 saturated carbocycles. The lowest BCUT2D eigenvalue weighted by Gasteiger charge is -2.11. The van der Waals surface area contributed by atoms with Crippen molar-refractivity contribution in [3.05, 3.63) is 28.2 Å². The monoisotopic (exact) mass is 248 g/mol. The molecule has 0 saturated heterocycles. The molecule has 2 rings (SSSR count). The molecule has 0 aliphatic heterocycles. The summed E-state index contributed by atoms with van der Waals surface area (Å²) in [6.45, 7) is 0. The van der Waals surface area contributed by atoms with Crippen LogP contribution in [0.25, 0.3) is 11.0 Å². The summed E-state index contributed by atoms with van der Waals surface area (Å²) in [5, 5.41) is 0. The van der Waals surface area contributed by atoms with E-state index in [9.17, 15) is 9.59 Å². The number of aldehydes is 1. The molecule has 0 atom stereocenters. The molecular formula is C12H12N2O4. The summed E-state index contributed by atoms with van der Waals surface area (Å²) in [7, 11) is 4.59. The molecule has 6 nitrogen and oxygen atoms in total. The molecule has 2 aromatic rings. The zero-order chi connectivity index (χ0) is 13.3. The third-order valence-electron chi connectivity index (χ3n) is 2.72. The first-order chi connectivity index (χ1) is 8.62. The minimum atomic E-state index is -0.440. The van der Waals surface area contributed by atoms with Gasteiger partial charge in [0, 0.05) is 19.2 Å². The molecule has 0 spiro atoms. The van der Waals surface area contributed by atoms with E-state index in [4.69, 9.17) is 9.47 Å². The average Bonchev–Trinajstić information content (AvgIpc) is 2.41. The van der Waals surface area contributed by atoms with Crippen molar-refractivity contribution < 1.29 is 14.3 Å². The average molecular weight is 248 g/mol. The highest BCUT2D eigenvalue weighted by atomic mass is 16.5. The summed E-state index contributed by atoms with van der Waals surface area (Å²) in [5.74, 6) is 0.994. The lowest BCUT2D eigenvalue weighted by atomic mass is 10.2. The van der Waals surface area contributed by atoms with Crippen molar-refractivity contribution in [2.75, 3.05) is 14.2 Å². The maximum Gasteiger partial charge on any atom is 0.280 e. The smallest absolute Gasteiger partial charge is 0.280 e. The molecule has 0 unspecified atom stereocenters. The van der Waals surface area contributed by atoms with Crippen molar-refractivity contribution in [3.63, 3.8) is 0 Å². The summed E-state index contributed by atoms with van der Waals surface area (Å²) in [6.07, 6.45) is 0.443. The van der Waals surface area contributed by atoms with Gasteiger partial charge in [-0.2, -0.15) is 0 Å². The van der Waals surface area contributed by atoms with Gasteiger partial charge in [0.25, 0.3) is 5.56 Å². The zero-order valence-electron chi connectivity index (χ0n) is 10.3. The highest BCUT2D eigenvalue weighted by molar-refractivity contribution is 5.83. The fraction of sp³-hybridized carbons (Fsp3) is 0.250. The first-order valence-electron chi connectivity index (χ1n) is 5.20. The second-order valence-electron chi connectivity index (χ2n) is 3.67. The third-order valence-corrected chi connectivity index (χ3v) is 2.72. The van der Waals surface area contributed by atoms with Gasteiger partial charge in [-0.05, 0) is 0 Å². The number of rotatable bonds is 3. The minimum absolute atomic E-state index is 0.128. The van der Waals surface area contributed by atoms with Gasteiger partial charge in [0.1, 0.15) is 0 Å². The van der Waals surface area contributed by atoms with Crippen LogP contribution in [0.15, 0.2) is 16.9 Å². The van der Waals surface area contributed by atoms with Crippen LogP contribution in [0.4, 0.5) is 0 Å². The van der Waals surface area contributed by atoms with Crippen molar-refractivity contribution in [2.45, 2.75) is 0 Å². The number of ether oxygens (including phenoxy) is 2. The number of carbonyl (C=O) groups excluding carboxylic acids is 1. The Morgan fingerprint density at radius 2 is 1.83 bits per heavy atom. The molecule has 0 aliphatic rings. The predicted octanol–water partition coefficient (Wildman–Crippen LogP) is 0.763. The Labute approximate surface area is 103 Å². The largest absolute Gasteiger partial charge is 0.493 e. The van der Waals surface area contributed by atoms with Gasteiger partial charge in [0.05, 0.1) is 25.3 Å². The Morgan fingerprint density at radius 3 is 2.39 bits per heavy atom. The maximum absolute atomic E-state index is 11.8. The molecule has 0 amide bonds. The molecule has 0 bridgehead atoms. The van der Waals surface area contributed by atoms with Crippen molar-refractivity contribution in [1.29, 1.82) is 0 Å². The van der Waals surface area contributed by atoms with E-state index < -0.39 is 5.56 Å². The zero-order valence-corrected chi connectivity index (χ0v) is 10.3. The Kier molecular flexibility index (Phi) is 3.01. The van der Waals surface area contributed by atoms with E-state index >= 15 is 0 Å². The van der Waals surface area contributed by atoms with Crippen molar-refractivity contribution in [1.82, 2.24) is 9.55 Å². The Bertz CT molecular complexity index is 676. The number of nitrogens with zero attached hydrogens (tertiary/aromatic N) is 2. The standard InChI is InChI=1S/C12H12N2O4/c1-14-9-5-11(18-3)10(17-2)4-7(9)13-8(6-15)12(14)16/h4-6H,1-3H3. The van der Waals surface area contributed by atoms with E-state index in [0.29, 0.717) is 28.8 Å². The third kappa shape index (κ3) is 1.71. The second-order valence-corrected chi connectivity index (χ2v) is 3.67. The van der Waals surface area contributed by atoms with Crippen LogP contribution in [-0.2, 0) is 7.05 Å². The van der Waals surface area contributed by atoms with Crippen molar-refractivity contribution >= 4 is 17.3 Å². The van der Waals surface area contributed by atoms with Gasteiger partial charge in [-0.15, -0.1) is 0 Å². The van der Waals surface area contributed by atoms with Gasteiger partial charge in [-0.1, -0.05) is 0 Å². The van der Waals surface area contributed by atoms with Crippen molar-refractivity contribution in [3.8, 4) is 11.5 Å². The van der Waals surface area contributed by atoms with Crippen LogP contribution in [0.5, 0.6) is 11.5 Å². The Hall–Kier alpha value is -2.37. The number of hydrogen-bond acceptors (Lipinski definition) is 5. The number of hydrogen-bond donors (Lipinski definition) is 0. The van der Waals surface area contributed by atoms with E-state index in [-0.39, 0.29) is 5.69 Å². The fourth-order valence-corrected chi connectivity index (χ4v) is 1.75. The normalized spacial score (nSPS) is 10.4. The van der Waals surface area contributed by atoms with Crippen LogP contribution < -0.4 is 15.0 Å². The minimum Gasteiger partial charge on any atom is -0.493 e. The molecule has 1 heterocycles. The van der Waals surface area contributed by atoms with Crippen molar-refractivity contribution in [2.24, 2.45) is 7.05 Å². The van der Waals surface area contributed by atoms with E-state index in [0.717, 1.165) is 0 Å². The van der Waals surface area contributed by atoms with Gasteiger partial charge in [-0.25, -0.2) is 4.98 Å². The molecular weight excluding hydrogens is 236 g/mol. The summed E-state index contributed by atoms with van der Waals surface area (Å²) in [6, 6.07) is 3.28. The Morgan fingerprint density at radius 1 is 1.22 bits per heavy atom. The lowest BCUT2D eigenvalue weighted by Crippen LogP contribution is -2.23. The predicted molar refractivity (Wildman–Crippen MR) is 65.5 cm³/mol. The van der Waals surface area contributed by atoms with Gasteiger partial charge in [0.2, 0.25) is 0 Å². The topological polar surface area (TPSA) is 70.4 Å². The van der Waals surface area contributed by atoms with E-state index in [1.54, 1.807) is 19.2 Å². The molecule has 0 radical (unpaired) electrons. The van der Waals surface area contributed by atoms with Crippen LogP contribution in [-0.4, -0.2) is 30.1 Å². The molecule has 0 aliphatic carbocycles. The van der Waals surface area contributed by atoms with Gasteiger partial charge < -0.3 is 14.0 Å². The maximum atomic E-state index is 11.8. The van der Waals surface area contributed by atoms with Crippen LogP contribution in [0.1, 0.15) is 10.5 Å². The van der Waals surface area contributed by atoms with Crippen LogP contribution in [0, 0.1) is 0 Å².